The van der Waals surface area contributed by atoms with Crippen molar-refractivity contribution in [3.05, 3.63) is 76.6 Å². The van der Waals surface area contributed by atoms with E-state index in [0.29, 0.717) is 5.92 Å². The van der Waals surface area contributed by atoms with E-state index in [-0.39, 0.29) is 18.5 Å². The van der Waals surface area contributed by atoms with E-state index in [0.717, 1.165) is 29.2 Å². The Hall–Kier alpha value is -2.92. The normalized spacial score (nSPS) is 12.2. The van der Waals surface area contributed by atoms with E-state index in [9.17, 15) is 4.79 Å². The van der Waals surface area contributed by atoms with Crippen LogP contribution in [0.5, 0.6) is 0 Å². The third kappa shape index (κ3) is 5.42. The maximum atomic E-state index is 12.8. The van der Waals surface area contributed by atoms with Crippen molar-refractivity contribution < 1.29 is 4.79 Å². The minimum absolute atomic E-state index is 0.0644. The summed E-state index contributed by atoms with van der Waals surface area (Å²) in [6, 6.07) is 17.0. The average molecular weight is 419 g/mol. The first-order valence-corrected chi connectivity index (χ1v) is 11.1. The summed E-state index contributed by atoms with van der Waals surface area (Å²) in [5.41, 5.74) is 7.22. The first-order valence-electron chi connectivity index (χ1n) is 11.1. The molecular formula is C26H34N4O. The Labute approximate surface area is 185 Å². The lowest BCUT2D eigenvalue weighted by molar-refractivity contribution is -0.115. The van der Waals surface area contributed by atoms with Crippen LogP contribution in [0.4, 0.5) is 5.69 Å². The number of anilines is 1. The summed E-state index contributed by atoms with van der Waals surface area (Å²) in [6.45, 7) is 12.7. The van der Waals surface area contributed by atoms with E-state index in [4.69, 9.17) is 0 Å². The molecular weight excluding hydrogens is 384 g/mol. The monoisotopic (exact) mass is 418 g/mol. The van der Waals surface area contributed by atoms with Crippen molar-refractivity contribution in [1.29, 1.82) is 0 Å². The molecule has 0 radical (unpaired) electrons. The van der Waals surface area contributed by atoms with Gasteiger partial charge in [0.25, 0.3) is 0 Å². The second kappa shape index (κ2) is 9.92. The first kappa shape index (κ1) is 22.8. The van der Waals surface area contributed by atoms with E-state index in [2.05, 4.69) is 79.8 Å². The molecule has 0 aliphatic rings. The lowest BCUT2D eigenvalue weighted by Gasteiger charge is -2.23. The Morgan fingerprint density at radius 3 is 2.23 bits per heavy atom. The predicted molar refractivity (Wildman–Crippen MR) is 128 cm³/mol. The van der Waals surface area contributed by atoms with E-state index in [1.165, 1.54) is 16.7 Å². The Morgan fingerprint density at radius 1 is 1.00 bits per heavy atom. The molecule has 0 fully saturated rings. The molecule has 0 aliphatic heterocycles. The predicted octanol–water partition coefficient (Wildman–Crippen LogP) is 5.29. The van der Waals surface area contributed by atoms with Crippen LogP contribution in [0.2, 0.25) is 0 Å². The highest BCUT2D eigenvalue weighted by atomic mass is 16.1. The van der Waals surface area contributed by atoms with Crippen molar-refractivity contribution in [2.45, 2.75) is 54.0 Å². The smallest absolute Gasteiger partial charge is 0.238 e. The van der Waals surface area contributed by atoms with Crippen LogP contribution in [0.3, 0.4) is 0 Å². The Kier molecular flexibility index (Phi) is 7.29. The molecule has 1 aromatic heterocycles. The second-order valence-electron chi connectivity index (χ2n) is 8.54. The lowest BCUT2D eigenvalue weighted by Crippen LogP contribution is -2.33. The zero-order valence-corrected chi connectivity index (χ0v) is 19.5. The molecule has 3 aromatic rings. The number of carbonyl (C=O) groups is 1. The minimum Gasteiger partial charge on any atom is -0.322 e. The molecule has 1 amide bonds. The molecule has 0 saturated carbocycles. The first-order chi connectivity index (χ1) is 14.8. The van der Waals surface area contributed by atoms with Gasteiger partial charge in [0.05, 0.1) is 29.3 Å². The van der Waals surface area contributed by atoms with Gasteiger partial charge in [-0.25, -0.2) is 4.68 Å². The van der Waals surface area contributed by atoms with Gasteiger partial charge in [-0.2, -0.15) is 5.10 Å². The third-order valence-electron chi connectivity index (χ3n) is 5.73. The van der Waals surface area contributed by atoms with Gasteiger partial charge in [-0.1, -0.05) is 62.7 Å². The third-order valence-corrected chi connectivity index (χ3v) is 5.73. The zero-order valence-electron chi connectivity index (χ0n) is 19.5. The van der Waals surface area contributed by atoms with Crippen molar-refractivity contribution in [1.82, 2.24) is 15.1 Å². The fraction of sp³-hybridized carbons (Fsp3) is 0.385. The molecule has 0 unspecified atom stereocenters. The number of hydrogen-bond acceptors (Lipinski definition) is 3. The van der Waals surface area contributed by atoms with Crippen molar-refractivity contribution in [2.24, 2.45) is 5.92 Å². The van der Waals surface area contributed by atoms with Gasteiger partial charge in [0.2, 0.25) is 5.91 Å². The molecule has 5 heteroatoms. The van der Waals surface area contributed by atoms with Gasteiger partial charge >= 0.3 is 0 Å². The van der Waals surface area contributed by atoms with Crippen molar-refractivity contribution in [3.63, 3.8) is 0 Å². The van der Waals surface area contributed by atoms with Gasteiger partial charge in [-0.15, -0.1) is 0 Å². The Balaban J connectivity index is 1.69. The molecule has 5 nitrogen and oxygen atoms in total. The highest BCUT2D eigenvalue weighted by Crippen LogP contribution is 2.24. The maximum absolute atomic E-state index is 12.8. The SMILES string of the molecule is CCc1ccc([C@@H](NCC(=O)Nc2c(C)nn(-c3ccc(C)cc3)c2C)C(C)C)cc1. The fourth-order valence-corrected chi connectivity index (χ4v) is 3.85. The molecule has 1 atom stereocenters. The summed E-state index contributed by atoms with van der Waals surface area (Å²) >= 11 is 0. The van der Waals surface area contributed by atoms with Crippen LogP contribution in [-0.2, 0) is 11.2 Å². The number of nitrogens with zero attached hydrogens (tertiary/aromatic N) is 2. The molecule has 3 rings (SSSR count). The van der Waals surface area contributed by atoms with Gasteiger partial charge in [0, 0.05) is 6.04 Å². The van der Waals surface area contributed by atoms with E-state index >= 15 is 0 Å². The van der Waals surface area contributed by atoms with Crippen LogP contribution in [0.25, 0.3) is 5.69 Å². The highest BCUT2D eigenvalue weighted by Gasteiger charge is 2.19. The number of amides is 1. The van der Waals surface area contributed by atoms with Crippen LogP contribution in [0, 0.1) is 26.7 Å². The van der Waals surface area contributed by atoms with Crippen LogP contribution in [0.15, 0.2) is 48.5 Å². The van der Waals surface area contributed by atoms with Gasteiger partial charge in [-0.3, -0.25) is 4.79 Å². The second-order valence-corrected chi connectivity index (χ2v) is 8.54. The molecule has 31 heavy (non-hydrogen) atoms. The Morgan fingerprint density at radius 2 is 1.65 bits per heavy atom. The number of rotatable bonds is 8. The molecule has 2 aromatic carbocycles. The van der Waals surface area contributed by atoms with E-state index in [1.54, 1.807) is 0 Å². The maximum Gasteiger partial charge on any atom is 0.238 e. The average Bonchev–Trinajstić information content (AvgIpc) is 3.03. The molecule has 0 spiro atoms. The molecule has 1 heterocycles. The van der Waals surface area contributed by atoms with Gasteiger partial charge in [-0.05, 0) is 56.4 Å². The summed E-state index contributed by atoms with van der Waals surface area (Å²) < 4.78 is 1.88. The lowest BCUT2D eigenvalue weighted by atomic mass is 9.95. The van der Waals surface area contributed by atoms with Crippen molar-refractivity contribution in [2.75, 3.05) is 11.9 Å². The number of hydrogen-bond donors (Lipinski definition) is 2. The van der Waals surface area contributed by atoms with Crippen LogP contribution < -0.4 is 10.6 Å². The van der Waals surface area contributed by atoms with E-state index in [1.807, 2.05) is 30.7 Å². The zero-order chi connectivity index (χ0) is 22.5. The van der Waals surface area contributed by atoms with Gasteiger partial charge < -0.3 is 10.6 Å². The summed E-state index contributed by atoms with van der Waals surface area (Å²) in [5.74, 6) is 0.304. The molecule has 0 saturated heterocycles. The van der Waals surface area contributed by atoms with Gasteiger partial charge in [0.1, 0.15) is 0 Å². The van der Waals surface area contributed by atoms with Crippen molar-refractivity contribution in [3.8, 4) is 5.69 Å². The summed E-state index contributed by atoms with van der Waals surface area (Å²) in [5, 5.41) is 11.1. The van der Waals surface area contributed by atoms with Gasteiger partial charge in [0.15, 0.2) is 0 Å². The largest absolute Gasteiger partial charge is 0.322 e. The Bertz CT molecular complexity index is 1020. The molecule has 2 N–H and O–H groups in total. The number of aryl methyl sites for hydroxylation is 3. The number of benzene rings is 2. The topological polar surface area (TPSA) is 59.0 Å². The molecule has 164 valence electrons. The van der Waals surface area contributed by atoms with Crippen LogP contribution >= 0.6 is 0 Å². The number of nitrogens with one attached hydrogen (secondary N) is 2. The number of carbonyl (C=O) groups excluding carboxylic acids is 1. The standard InChI is InChI=1S/C26H34N4O/c1-7-21-10-12-22(13-11-21)25(17(2)3)27-16-24(31)28-26-19(5)29-30(20(26)6)23-14-8-18(4)9-15-23/h8-15,17,25,27H,7,16H2,1-6H3,(H,28,31)/t25-/m0/s1. The molecule has 0 bridgehead atoms. The summed E-state index contributed by atoms with van der Waals surface area (Å²) in [7, 11) is 0. The van der Waals surface area contributed by atoms with Crippen LogP contribution in [-0.4, -0.2) is 22.2 Å². The summed E-state index contributed by atoms with van der Waals surface area (Å²) in [4.78, 5) is 12.8. The fourth-order valence-electron chi connectivity index (χ4n) is 3.85. The summed E-state index contributed by atoms with van der Waals surface area (Å²) in [6.07, 6.45) is 1.03. The number of aromatic nitrogens is 2. The highest BCUT2D eigenvalue weighted by molar-refractivity contribution is 5.93. The van der Waals surface area contributed by atoms with Crippen LogP contribution in [0.1, 0.15) is 54.9 Å². The van der Waals surface area contributed by atoms with E-state index < -0.39 is 0 Å². The quantitative estimate of drug-likeness (QED) is 0.523. The molecule has 0 aliphatic carbocycles. The van der Waals surface area contributed by atoms with Crippen molar-refractivity contribution >= 4 is 11.6 Å². The minimum atomic E-state index is -0.0644.